The van der Waals surface area contributed by atoms with Crippen LogP contribution < -0.4 is 5.32 Å². The summed E-state index contributed by atoms with van der Waals surface area (Å²) in [7, 11) is 2.03. The van der Waals surface area contributed by atoms with E-state index in [1.165, 1.54) is 31.3 Å². The zero-order valence-corrected chi connectivity index (χ0v) is 11.1. The highest BCUT2D eigenvalue weighted by molar-refractivity contribution is 5.14. The summed E-state index contributed by atoms with van der Waals surface area (Å²) in [5.41, 5.74) is 1.47. The monoisotopic (exact) mass is 221 g/mol. The Morgan fingerprint density at radius 1 is 1.31 bits per heavy atom. The molecule has 1 N–H and O–H groups in total. The zero-order chi connectivity index (χ0) is 12.2. The fourth-order valence-corrected chi connectivity index (χ4v) is 1.93. The van der Waals surface area contributed by atoms with E-state index >= 15 is 0 Å². The minimum absolute atomic E-state index is 0.825. The predicted molar refractivity (Wildman–Crippen MR) is 74.7 cm³/mol. The molecule has 0 saturated heterocycles. The highest BCUT2D eigenvalue weighted by Gasteiger charge is 2.07. The third-order valence-corrected chi connectivity index (χ3v) is 2.74. The topological polar surface area (TPSA) is 12.0 Å². The number of allylic oxidation sites excluding steroid dienone is 5. The average molecular weight is 221 g/mol. The van der Waals surface area contributed by atoms with Gasteiger partial charge in [0.05, 0.1) is 0 Å². The van der Waals surface area contributed by atoms with Gasteiger partial charge in [0, 0.05) is 0 Å². The van der Waals surface area contributed by atoms with E-state index in [9.17, 15) is 0 Å². The molecule has 0 bridgehead atoms. The Kier molecular flexibility index (Phi) is 10.1. The van der Waals surface area contributed by atoms with E-state index in [0.717, 1.165) is 12.5 Å². The van der Waals surface area contributed by atoms with Gasteiger partial charge in [-0.15, -0.1) is 0 Å². The van der Waals surface area contributed by atoms with Gasteiger partial charge in [-0.1, -0.05) is 56.2 Å². The summed E-state index contributed by atoms with van der Waals surface area (Å²) < 4.78 is 0. The molecule has 0 heterocycles. The lowest BCUT2D eigenvalue weighted by Crippen LogP contribution is -2.13. The highest BCUT2D eigenvalue weighted by atomic mass is 14.8. The number of rotatable bonds is 9. The molecule has 1 nitrogen and oxygen atoms in total. The Balaban J connectivity index is 4.09. The maximum atomic E-state index is 3.66. The predicted octanol–water partition coefficient (Wildman–Crippen LogP) is 4.09. The zero-order valence-electron chi connectivity index (χ0n) is 11.1. The van der Waals surface area contributed by atoms with Crippen LogP contribution in [-0.2, 0) is 0 Å². The first kappa shape index (κ1) is 15.2. The Labute approximate surface area is 101 Å². The second kappa shape index (κ2) is 10.7. The second-order valence-electron chi connectivity index (χ2n) is 4.38. The Morgan fingerprint density at radius 3 is 2.62 bits per heavy atom. The van der Waals surface area contributed by atoms with Crippen molar-refractivity contribution in [3.8, 4) is 0 Å². The Morgan fingerprint density at radius 2 is 2.06 bits per heavy atom. The molecule has 0 rings (SSSR count). The Hall–Kier alpha value is -0.820. The molecule has 0 amide bonds. The van der Waals surface area contributed by atoms with Gasteiger partial charge in [0.15, 0.2) is 0 Å². The van der Waals surface area contributed by atoms with Gasteiger partial charge in [0.2, 0.25) is 0 Å². The molecule has 0 aromatic carbocycles. The van der Waals surface area contributed by atoms with Crippen molar-refractivity contribution in [1.29, 1.82) is 0 Å². The molecule has 0 aromatic heterocycles. The van der Waals surface area contributed by atoms with Gasteiger partial charge in [-0.25, -0.2) is 0 Å². The molecule has 16 heavy (non-hydrogen) atoms. The fourth-order valence-electron chi connectivity index (χ4n) is 1.93. The summed E-state index contributed by atoms with van der Waals surface area (Å²) in [5, 5.41) is 3.24. The molecule has 0 aliphatic carbocycles. The number of hydrogen-bond donors (Lipinski definition) is 1. The minimum atomic E-state index is 0.825. The molecule has 0 radical (unpaired) electrons. The molecule has 0 spiro atoms. The summed E-state index contributed by atoms with van der Waals surface area (Å²) in [6, 6.07) is 0. The van der Waals surface area contributed by atoms with Crippen LogP contribution in [0.1, 0.15) is 39.5 Å². The van der Waals surface area contributed by atoms with Crippen LogP contribution in [0.15, 0.2) is 36.5 Å². The molecule has 1 heteroatoms. The quantitative estimate of drug-likeness (QED) is 0.578. The van der Waals surface area contributed by atoms with Crippen LogP contribution in [0.4, 0.5) is 0 Å². The molecular formula is C15H27N. The van der Waals surface area contributed by atoms with Crippen LogP contribution in [0.3, 0.4) is 0 Å². The van der Waals surface area contributed by atoms with E-state index in [0.29, 0.717) is 0 Å². The van der Waals surface area contributed by atoms with Gasteiger partial charge in [-0.2, -0.15) is 0 Å². The van der Waals surface area contributed by atoms with E-state index < -0.39 is 0 Å². The van der Waals surface area contributed by atoms with Crippen molar-refractivity contribution in [2.45, 2.75) is 39.5 Å². The van der Waals surface area contributed by atoms with Crippen LogP contribution in [0.25, 0.3) is 0 Å². The molecule has 1 unspecified atom stereocenters. The number of nitrogens with one attached hydrogen (secondary N) is 1. The Bertz CT molecular complexity index is 226. The van der Waals surface area contributed by atoms with Crippen molar-refractivity contribution in [3.05, 3.63) is 36.5 Å². The van der Waals surface area contributed by atoms with E-state index in [2.05, 4.69) is 37.9 Å². The van der Waals surface area contributed by atoms with E-state index in [1.54, 1.807) is 0 Å². The lowest BCUT2D eigenvalue weighted by Gasteiger charge is -2.16. The summed E-state index contributed by atoms with van der Waals surface area (Å²) in [4.78, 5) is 0. The minimum Gasteiger partial charge on any atom is -0.320 e. The van der Waals surface area contributed by atoms with Crippen LogP contribution in [0, 0.1) is 5.92 Å². The average Bonchev–Trinajstić information content (AvgIpc) is 2.26. The summed E-state index contributed by atoms with van der Waals surface area (Å²) in [6.45, 7) is 9.27. The molecule has 1 atom stereocenters. The molecule has 0 fully saturated rings. The first-order chi connectivity index (χ1) is 7.74. The van der Waals surface area contributed by atoms with Crippen LogP contribution >= 0.6 is 0 Å². The molecule has 0 aliphatic heterocycles. The standard InChI is InChI=1S/C15H27N/c1-5-7-8-10-14(3)13-15(9-6-2)11-12-16-4/h5,7-8,10,15-16H,1,6,9,11-13H2,2-4H3/b8-7-,14-10+. The van der Waals surface area contributed by atoms with E-state index in [-0.39, 0.29) is 0 Å². The maximum Gasteiger partial charge on any atom is -0.00492 e. The normalized spacial score (nSPS) is 14.3. The summed E-state index contributed by atoms with van der Waals surface area (Å²) in [5.74, 6) is 0.825. The maximum absolute atomic E-state index is 3.66. The lowest BCUT2D eigenvalue weighted by atomic mass is 9.92. The molecule has 0 aliphatic rings. The molecule has 0 aromatic rings. The van der Waals surface area contributed by atoms with Crippen LogP contribution in [0.2, 0.25) is 0 Å². The van der Waals surface area contributed by atoms with Crippen molar-refractivity contribution in [2.75, 3.05) is 13.6 Å². The van der Waals surface area contributed by atoms with Gasteiger partial charge in [-0.05, 0) is 39.3 Å². The van der Waals surface area contributed by atoms with E-state index in [1.807, 2.05) is 19.2 Å². The molecule has 0 saturated carbocycles. The van der Waals surface area contributed by atoms with Crippen LogP contribution in [-0.4, -0.2) is 13.6 Å². The van der Waals surface area contributed by atoms with Crippen LogP contribution in [0.5, 0.6) is 0 Å². The third-order valence-electron chi connectivity index (χ3n) is 2.74. The van der Waals surface area contributed by atoms with Crippen molar-refractivity contribution < 1.29 is 0 Å². The largest absolute Gasteiger partial charge is 0.320 e. The number of hydrogen-bond acceptors (Lipinski definition) is 1. The van der Waals surface area contributed by atoms with Gasteiger partial charge in [-0.3, -0.25) is 0 Å². The third kappa shape index (κ3) is 8.49. The van der Waals surface area contributed by atoms with Crippen molar-refractivity contribution in [3.63, 3.8) is 0 Å². The first-order valence-corrected chi connectivity index (χ1v) is 6.34. The van der Waals surface area contributed by atoms with Gasteiger partial charge >= 0.3 is 0 Å². The van der Waals surface area contributed by atoms with E-state index in [4.69, 9.17) is 0 Å². The lowest BCUT2D eigenvalue weighted by molar-refractivity contribution is 0.434. The smallest absolute Gasteiger partial charge is 0.00492 e. The second-order valence-corrected chi connectivity index (χ2v) is 4.38. The van der Waals surface area contributed by atoms with Crippen molar-refractivity contribution in [1.82, 2.24) is 5.32 Å². The highest BCUT2D eigenvalue weighted by Crippen LogP contribution is 2.20. The van der Waals surface area contributed by atoms with Crippen molar-refractivity contribution in [2.24, 2.45) is 5.92 Å². The molecular weight excluding hydrogens is 194 g/mol. The SMILES string of the molecule is C=C/C=C\C=C(/C)CC(CCC)CCNC. The molecule has 92 valence electrons. The van der Waals surface area contributed by atoms with Crippen molar-refractivity contribution >= 4 is 0 Å². The summed E-state index contributed by atoms with van der Waals surface area (Å²) >= 11 is 0. The summed E-state index contributed by atoms with van der Waals surface area (Å²) in [6.07, 6.45) is 13.2. The van der Waals surface area contributed by atoms with Gasteiger partial charge in [0.25, 0.3) is 0 Å². The van der Waals surface area contributed by atoms with Gasteiger partial charge in [0.1, 0.15) is 0 Å². The van der Waals surface area contributed by atoms with Gasteiger partial charge < -0.3 is 5.32 Å². The first-order valence-electron chi connectivity index (χ1n) is 6.34. The fraction of sp³-hybridized carbons (Fsp3) is 0.600.